The van der Waals surface area contributed by atoms with Crippen LogP contribution >= 0.6 is 0 Å². The van der Waals surface area contributed by atoms with Crippen LogP contribution in [0.5, 0.6) is 0 Å². The van der Waals surface area contributed by atoms with Gasteiger partial charge in [-0.05, 0) is 126 Å². The van der Waals surface area contributed by atoms with Crippen LogP contribution in [0.1, 0.15) is 0 Å². The lowest BCUT2D eigenvalue weighted by Gasteiger charge is -2.14. The first-order chi connectivity index (χ1) is 29.8. The summed E-state index contributed by atoms with van der Waals surface area (Å²) in [6.45, 7) is 0. The van der Waals surface area contributed by atoms with Crippen molar-refractivity contribution in [3.63, 3.8) is 0 Å². The van der Waals surface area contributed by atoms with E-state index < -0.39 is 0 Å². The second-order valence-electron chi connectivity index (χ2n) is 16.0. The number of hydrogen-bond donors (Lipinski definition) is 0. The Labute approximate surface area is 346 Å². The second kappa shape index (κ2) is 12.8. The van der Waals surface area contributed by atoms with Gasteiger partial charge in [-0.1, -0.05) is 158 Å². The monoisotopic (exact) mass is 760 g/mol. The Morgan fingerprint density at radius 3 is 1.10 bits per heavy atom. The Hall–Kier alpha value is -7.94. The van der Waals surface area contributed by atoms with Crippen molar-refractivity contribution in [3.05, 3.63) is 218 Å². The maximum absolute atomic E-state index is 2.45. The largest absolute Gasteiger partial charge is 0.309 e. The van der Waals surface area contributed by atoms with Gasteiger partial charge in [0.2, 0.25) is 0 Å². The zero-order chi connectivity index (χ0) is 39.3. The molecule has 2 aromatic heterocycles. The molecule has 0 bridgehead atoms. The molecule has 13 rings (SSSR count). The van der Waals surface area contributed by atoms with Gasteiger partial charge in [0.1, 0.15) is 0 Å². The summed E-state index contributed by atoms with van der Waals surface area (Å²) in [4.78, 5) is 0. The van der Waals surface area contributed by atoms with Crippen molar-refractivity contribution in [2.45, 2.75) is 0 Å². The minimum atomic E-state index is 1.17. The highest BCUT2D eigenvalue weighted by molar-refractivity contribution is 6.26. The van der Waals surface area contributed by atoms with Crippen molar-refractivity contribution in [2.75, 3.05) is 0 Å². The van der Waals surface area contributed by atoms with Gasteiger partial charge in [0, 0.05) is 32.9 Å². The van der Waals surface area contributed by atoms with E-state index in [-0.39, 0.29) is 0 Å². The van der Waals surface area contributed by atoms with Crippen LogP contribution < -0.4 is 0 Å². The molecule has 0 aliphatic rings. The molecule has 0 N–H and O–H groups in total. The summed E-state index contributed by atoms with van der Waals surface area (Å²) in [5.41, 5.74) is 12.1. The van der Waals surface area contributed by atoms with Gasteiger partial charge in [-0.15, -0.1) is 0 Å². The lowest BCUT2D eigenvalue weighted by molar-refractivity contribution is 1.18. The molecule has 2 nitrogen and oxygen atoms in total. The van der Waals surface area contributed by atoms with Gasteiger partial charge in [-0.25, -0.2) is 0 Å². The summed E-state index contributed by atoms with van der Waals surface area (Å²) in [5, 5.41) is 15.2. The van der Waals surface area contributed by atoms with E-state index in [0.29, 0.717) is 0 Å². The minimum absolute atomic E-state index is 1.17. The number of para-hydroxylation sites is 3. The maximum atomic E-state index is 2.45. The molecule has 2 heteroatoms. The van der Waals surface area contributed by atoms with Crippen LogP contribution in [0, 0.1) is 0 Å². The normalized spacial score (nSPS) is 12.0. The van der Waals surface area contributed by atoms with E-state index in [0.717, 1.165) is 0 Å². The quantitative estimate of drug-likeness (QED) is 0.158. The highest BCUT2D eigenvalue weighted by Crippen LogP contribution is 2.42. The van der Waals surface area contributed by atoms with Crippen molar-refractivity contribution in [3.8, 4) is 33.6 Å². The Morgan fingerprint density at radius 2 is 0.583 bits per heavy atom. The summed E-state index contributed by atoms with van der Waals surface area (Å²) < 4.78 is 4.83. The van der Waals surface area contributed by atoms with Crippen LogP contribution in [0.3, 0.4) is 0 Å². The molecule has 13 aromatic rings. The summed E-state index contributed by atoms with van der Waals surface area (Å²) in [5.74, 6) is 0. The molecule has 278 valence electrons. The van der Waals surface area contributed by atoms with E-state index in [1.54, 1.807) is 0 Å². The van der Waals surface area contributed by atoms with Crippen LogP contribution in [0.2, 0.25) is 0 Å². The lowest BCUT2D eigenvalue weighted by Crippen LogP contribution is -1.94. The van der Waals surface area contributed by atoms with Crippen molar-refractivity contribution < 1.29 is 0 Å². The first-order valence-corrected chi connectivity index (χ1v) is 20.8. The molecule has 0 fully saturated rings. The SMILES string of the molecule is c1ccc(-n2c3ccccc3c3cc(-c4ccc(-c5ccc6c(c5)c5ccccc5n6-c5ccc6c7ccccc7c7ccccc7c6c5)c5ccccc45)ccc32)cc1. The first-order valence-electron chi connectivity index (χ1n) is 20.8. The summed E-state index contributed by atoms with van der Waals surface area (Å²) in [6.07, 6.45) is 0. The third-order valence-electron chi connectivity index (χ3n) is 12.9. The molecule has 0 unspecified atom stereocenters. The standard InChI is InChI=1S/C58H36N2/c1-2-14-39(15-3-1)59-55-24-12-10-22-50(55)53-34-37(26-32-57(53)59)41-30-31-42(44-17-5-4-16-43(41)44)38-27-33-58-54(35-38)51-23-11-13-25-56(51)60(58)40-28-29-49-47-20-7-6-18-45(47)46-19-8-9-21-48(46)52(49)36-40/h1-36H. The number of rotatable bonds is 4. The zero-order valence-electron chi connectivity index (χ0n) is 32.7. The second-order valence-corrected chi connectivity index (χ2v) is 16.0. The van der Waals surface area contributed by atoms with E-state index in [9.17, 15) is 0 Å². The number of fused-ring (bicyclic) bond motifs is 13. The summed E-state index contributed by atoms with van der Waals surface area (Å²) in [6, 6.07) is 80.5. The Balaban J connectivity index is 0.972. The third kappa shape index (κ3) is 4.76. The van der Waals surface area contributed by atoms with E-state index in [4.69, 9.17) is 0 Å². The molecular weight excluding hydrogens is 725 g/mol. The highest BCUT2D eigenvalue weighted by Gasteiger charge is 2.18. The zero-order valence-corrected chi connectivity index (χ0v) is 32.7. The molecule has 0 saturated heterocycles. The van der Waals surface area contributed by atoms with E-state index in [1.165, 1.54) is 120 Å². The van der Waals surface area contributed by atoms with Gasteiger partial charge in [0.15, 0.2) is 0 Å². The Kier molecular flexibility index (Phi) is 7.05. The van der Waals surface area contributed by atoms with Crippen LogP contribution in [0.4, 0.5) is 0 Å². The lowest BCUT2D eigenvalue weighted by atomic mass is 9.91. The molecule has 11 aromatic carbocycles. The molecule has 0 saturated carbocycles. The third-order valence-corrected chi connectivity index (χ3v) is 12.9. The van der Waals surface area contributed by atoms with Crippen LogP contribution in [0.25, 0.3) is 120 Å². The molecular formula is C58H36N2. The van der Waals surface area contributed by atoms with Crippen LogP contribution in [0.15, 0.2) is 218 Å². The van der Waals surface area contributed by atoms with Gasteiger partial charge < -0.3 is 9.13 Å². The van der Waals surface area contributed by atoms with Crippen molar-refractivity contribution >= 4 is 86.7 Å². The fourth-order valence-corrected chi connectivity index (χ4v) is 10.3. The minimum Gasteiger partial charge on any atom is -0.309 e. The molecule has 60 heavy (non-hydrogen) atoms. The Bertz CT molecular complexity index is 3850. The van der Waals surface area contributed by atoms with Crippen molar-refractivity contribution in [1.29, 1.82) is 0 Å². The molecule has 0 atom stereocenters. The topological polar surface area (TPSA) is 9.86 Å². The number of benzene rings is 11. The highest BCUT2D eigenvalue weighted by atomic mass is 15.0. The summed E-state index contributed by atoms with van der Waals surface area (Å²) in [7, 11) is 0. The molecule has 0 amide bonds. The van der Waals surface area contributed by atoms with Gasteiger partial charge >= 0.3 is 0 Å². The molecule has 2 heterocycles. The maximum Gasteiger partial charge on any atom is 0.0541 e. The van der Waals surface area contributed by atoms with Gasteiger partial charge in [-0.3, -0.25) is 0 Å². The fourth-order valence-electron chi connectivity index (χ4n) is 10.3. The van der Waals surface area contributed by atoms with Gasteiger partial charge in [0.25, 0.3) is 0 Å². The molecule has 0 radical (unpaired) electrons. The average molecular weight is 761 g/mol. The predicted octanol–water partition coefficient (Wildman–Crippen LogP) is 15.8. The Morgan fingerprint density at radius 1 is 0.200 bits per heavy atom. The molecule has 0 spiro atoms. The molecule has 0 aliphatic carbocycles. The predicted molar refractivity (Wildman–Crippen MR) is 256 cm³/mol. The van der Waals surface area contributed by atoms with E-state index >= 15 is 0 Å². The summed E-state index contributed by atoms with van der Waals surface area (Å²) >= 11 is 0. The first kappa shape index (κ1) is 33.1. The average Bonchev–Trinajstić information content (AvgIpc) is 3.83. The van der Waals surface area contributed by atoms with Crippen LogP contribution in [-0.4, -0.2) is 9.13 Å². The van der Waals surface area contributed by atoms with Gasteiger partial charge in [-0.2, -0.15) is 0 Å². The van der Waals surface area contributed by atoms with Crippen molar-refractivity contribution in [2.24, 2.45) is 0 Å². The van der Waals surface area contributed by atoms with E-state index in [2.05, 4.69) is 228 Å². The van der Waals surface area contributed by atoms with Gasteiger partial charge in [0.05, 0.1) is 22.1 Å². The number of aromatic nitrogens is 2. The fraction of sp³-hybridized carbons (Fsp3) is 0. The van der Waals surface area contributed by atoms with E-state index in [1.807, 2.05) is 0 Å². The smallest absolute Gasteiger partial charge is 0.0541 e. The number of nitrogens with zero attached hydrogens (tertiary/aromatic N) is 2. The number of hydrogen-bond acceptors (Lipinski definition) is 0. The van der Waals surface area contributed by atoms with Crippen molar-refractivity contribution in [1.82, 2.24) is 9.13 Å². The van der Waals surface area contributed by atoms with Crippen LogP contribution in [-0.2, 0) is 0 Å². The molecule has 0 aliphatic heterocycles.